The van der Waals surface area contributed by atoms with Gasteiger partial charge in [0, 0.05) is 60.6 Å². The first-order valence-corrected chi connectivity index (χ1v) is 14.3. The number of para-hydroxylation sites is 1. The van der Waals surface area contributed by atoms with Crippen LogP contribution in [0, 0.1) is 18.3 Å². The number of H-pyrrole nitrogens is 1. The molecule has 40 heavy (non-hydrogen) atoms. The quantitative estimate of drug-likeness (QED) is 0.302. The van der Waals surface area contributed by atoms with Crippen LogP contribution < -0.4 is 10.1 Å². The van der Waals surface area contributed by atoms with Crippen molar-refractivity contribution in [2.75, 3.05) is 26.2 Å². The van der Waals surface area contributed by atoms with Crippen molar-refractivity contribution in [2.24, 2.45) is 4.99 Å². The minimum Gasteiger partial charge on any atom is -0.361 e. The second kappa shape index (κ2) is 11.3. The van der Waals surface area contributed by atoms with Crippen LogP contribution in [0.5, 0.6) is 0 Å². The van der Waals surface area contributed by atoms with E-state index in [2.05, 4.69) is 38.4 Å². The van der Waals surface area contributed by atoms with Crippen molar-refractivity contribution in [2.45, 2.75) is 19.4 Å². The molecule has 0 spiro atoms. The summed E-state index contributed by atoms with van der Waals surface area (Å²) in [6, 6.07) is 25.6. The molecule has 8 heteroatoms. The van der Waals surface area contributed by atoms with Crippen LogP contribution in [-0.2, 0) is 11.2 Å². The van der Waals surface area contributed by atoms with Crippen molar-refractivity contribution in [1.82, 2.24) is 19.8 Å². The first kappa shape index (κ1) is 25.8. The number of thiazole rings is 1. The fourth-order valence-electron chi connectivity index (χ4n) is 5.36. The van der Waals surface area contributed by atoms with Gasteiger partial charge in [-0.3, -0.25) is 4.79 Å². The standard InChI is InChI=1S/C32H30N6OS/c1-22-6-4-9-26(16-22)36-32-38(30(21-40-32)24-8-5-7-23(17-24)19-33)29(31(39)37-14-12-34-13-15-37)18-25-20-35-28-11-3-2-10-27(25)28/h2-11,16-17,20-21,29,34-35H,12-15,18H2,1H3/t29-/m0/s1. The number of carbonyl (C=O) groups excluding carboxylic acids is 1. The van der Waals surface area contributed by atoms with Crippen LogP contribution in [0.2, 0.25) is 0 Å². The molecule has 1 amide bonds. The Labute approximate surface area is 237 Å². The van der Waals surface area contributed by atoms with Crippen LogP contribution >= 0.6 is 11.3 Å². The van der Waals surface area contributed by atoms with Crippen molar-refractivity contribution in [3.8, 4) is 17.3 Å². The van der Waals surface area contributed by atoms with E-state index in [4.69, 9.17) is 4.99 Å². The highest BCUT2D eigenvalue weighted by atomic mass is 32.1. The molecular weight excluding hydrogens is 516 g/mol. The summed E-state index contributed by atoms with van der Waals surface area (Å²) in [5, 5.41) is 16.1. The summed E-state index contributed by atoms with van der Waals surface area (Å²) in [6.07, 6.45) is 2.53. The molecule has 0 aliphatic carbocycles. The smallest absolute Gasteiger partial charge is 0.246 e. The van der Waals surface area contributed by atoms with E-state index in [1.165, 1.54) is 11.3 Å². The lowest BCUT2D eigenvalue weighted by Crippen LogP contribution is -2.49. The number of hydrogen-bond acceptors (Lipinski definition) is 5. The summed E-state index contributed by atoms with van der Waals surface area (Å²) in [7, 11) is 0. The molecular formula is C32H30N6OS. The van der Waals surface area contributed by atoms with E-state index in [1.54, 1.807) is 6.07 Å². The predicted octanol–water partition coefficient (Wildman–Crippen LogP) is 5.33. The zero-order chi connectivity index (χ0) is 27.5. The summed E-state index contributed by atoms with van der Waals surface area (Å²) in [5.41, 5.74) is 6.44. The Morgan fingerprint density at radius 1 is 1.07 bits per heavy atom. The van der Waals surface area contributed by atoms with Gasteiger partial charge in [-0.25, -0.2) is 4.99 Å². The summed E-state index contributed by atoms with van der Waals surface area (Å²) in [5.74, 6) is 0.0774. The Hall–Kier alpha value is -4.45. The molecule has 0 unspecified atom stereocenters. The minimum absolute atomic E-state index is 0.0774. The molecule has 2 aromatic heterocycles. The number of aromatic amines is 1. The molecule has 0 bridgehead atoms. The molecule has 200 valence electrons. The number of aromatic nitrogens is 2. The minimum atomic E-state index is -0.521. The zero-order valence-corrected chi connectivity index (χ0v) is 23.1. The second-order valence-corrected chi connectivity index (χ2v) is 10.9. The first-order chi connectivity index (χ1) is 19.6. The zero-order valence-electron chi connectivity index (χ0n) is 22.3. The second-order valence-electron chi connectivity index (χ2n) is 10.1. The van der Waals surface area contributed by atoms with Crippen LogP contribution in [0.4, 0.5) is 5.69 Å². The number of aryl methyl sites for hydroxylation is 1. The maximum atomic E-state index is 14.4. The monoisotopic (exact) mass is 546 g/mol. The number of benzene rings is 3. The first-order valence-electron chi connectivity index (χ1n) is 13.5. The third kappa shape index (κ3) is 5.22. The summed E-state index contributed by atoms with van der Waals surface area (Å²) in [6.45, 7) is 4.93. The SMILES string of the molecule is Cc1cccc(N=c2scc(-c3cccc(C#N)c3)n2[C@@H](Cc2c[nH]c3ccccc23)C(=O)N2CCNCC2)c1. The number of nitrogens with one attached hydrogen (secondary N) is 2. The Balaban J connectivity index is 1.56. The molecule has 3 heterocycles. The lowest BCUT2D eigenvalue weighted by molar-refractivity contribution is -0.135. The van der Waals surface area contributed by atoms with E-state index in [0.29, 0.717) is 25.1 Å². The van der Waals surface area contributed by atoms with Gasteiger partial charge in [-0.05, 0) is 48.4 Å². The number of amides is 1. The normalized spacial score (nSPS) is 14.8. The Morgan fingerprint density at radius 2 is 1.90 bits per heavy atom. The maximum absolute atomic E-state index is 14.4. The molecule has 1 aliphatic heterocycles. The van der Waals surface area contributed by atoms with Crippen LogP contribution in [-0.4, -0.2) is 46.5 Å². The highest BCUT2D eigenvalue weighted by Crippen LogP contribution is 2.30. The molecule has 0 saturated carbocycles. The summed E-state index contributed by atoms with van der Waals surface area (Å²) >= 11 is 1.52. The Bertz CT molecular complexity index is 1780. The van der Waals surface area contributed by atoms with Gasteiger partial charge in [0.1, 0.15) is 6.04 Å². The van der Waals surface area contributed by atoms with E-state index in [9.17, 15) is 10.1 Å². The average Bonchev–Trinajstić information content (AvgIpc) is 3.60. The van der Waals surface area contributed by atoms with Gasteiger partial charge in [0.05, 0.1) is 23.0 Å². The average molecular weight is 547 g/mol. The van der Waals surface area contributed by atoms with E-state index in [-0.39, 0.29) is 5.91 Å². The van der Waals surface area contributed by atoms with Crippen molar-refractivity contribution in [3.05, 3.63) is 106 Å². The Kier molecular flexibility index (Phi) is 7.32. The number of fused-ring (bicyclic) bond motifs is 1. The number of nitriles is 1. The fourth-order valence-corrected chi connectivity index (χ4v) is 6.33. The van der Waals surface area contributed by atoms with Crippen molar-refractivity contribution in [3.63, 3.8) is 0 Å². The fraction of sp³-hybridized carbons (Fsp3) is 0.219. The van der Waals surface area contributed by atoms with Gasteiger partial charge in [-0.1, -0.05) is 42.5 Å². The molecule has 1 fully saturated rings. The van der Waals surface area contributed by atoms with Crippen molar-refractivity contribution >= 4 is 33.8 Å². The molecule has 5 aromatic rings. The van der Waals surface area contributed by atoms with E-state index < -0.39 is 6.04 Å². The topological polar surface area (TPSA) is 89.2 Å². The Morgan fingerprint density at radius 3 is 2.73 bits per heavy atom. The van der Waals surface area contributed by atoms with Gasteiger partial charge in [0.25, 0.3) is 0 Å². The van der Waals surface area contributed by atoms with Gasteiger partial charge >= 0.3 is 0 Å². The molecule has 0 radical (unpaired) electrons. The maximum Gasteiger partial charge on any atom is 0.246 e. The lowest BCUT2D eigenvalue weighted by Gasteiger charge is -2.32. The summed E-state index contributed by atoms with van der Waals surface area (Å²) < 4.78 is 2.09. The van der Waals surface area contributed by atoms with Crippen LogP contribution in [0.1, 0.15) is 22.7 Å². The number of piperazine rings is 1. The van der Waals surface area contributed by atoms with Gasteiger partial charge in [-0.2, -0.15) is 5.26 Å². The molecule has 7 nitrogen and oxygen atoms in total. The number of rotatable bonds is 6. The van der Waals surface area contributed by atoms with Crippen LogP contribution in [0.25, 0.3) is 22.2 Å². The van der Waals surface area contributed by atoms with Gasteiger partial charge in [0.15, 0.2) is 4.80 Å². The highest BCUT2D eigenvalue weighted by Gasteiger charge is 2.31. The predicted molar refractivity (Wildman–Crippen MR) is 159 cm³/mol. The molecule has 1 aliphatic rings. The third-order valence-corrected chi connectivity index (χ3v) is 8.21. The molecule has 1 atom stereocenters. The summed E-state index contributed by atoms with van der Waals surface area (Å²) in [4.78, 5) is 25.5. The molecule has 2 N–H and O–H groups in total. The number of nitrogens with zero attached hydrogens (tertiary/aromatic N) is 4. The van der Waals surface area contributed by atoms with Gasteiger partial charge in [0.2, 0.25) is 5.91 Å². The lowest BCUT2D eigenvalue weighted by atomic mass is 10.0. The third-order valence-electron chi connectivity index (χ3n) is 7.37. The van der Waals surface area contributed by atoms with Crippen LogP contribution in [0.3, 0.4) is 0 Å². The van der Waals surface area contributed by atoms with Gasteiger partial charge in [-0.15, -0.1) is 11.3 Å². The number of hydrogen-bond donors (Lipinski definition) is 2. The highest BCUT2D eigenvalue weighted by molar-refractivity contribution is 7.07. The van der Waals surface area contributed by atoms with E-state index in [1.807, 2.05) is 72.6 Å². The number of carbonyl (C=O) groups is 1. The van der Waals surface area contributed by atoms with Gasteiger partial charge < -0.3 is 19.8 Å². The molecule has 1 saturated heterocycles. The van der Waals surface area contributed by atoms with E-state index in [0.717, 1.165) is 56.9 Å². The van der Waals surface area contributed by atoms with Crippen molar-refractivity contribution < 1.29 is 4.79 Å². The van der Waals surface area contributed by atoms with Crippen LogP contribution in [0.15, 0.2) is 89.4 Å². The molecule has 6 rings (SSSR count). The van der Waals surface area contributed by atoms with E-state index >= 15 is 0 Å². The van der Waals surface area contributed by atoms with Crippen molar-refractivity contribution in [1.29, 1.82) is 5.26 Å². The largest absolute Gasteiger partial charge is 0.361 e. The molecule has 3 aromatic carbocycles.